The molecular weight excluding hydrogens is 158 g/mol. The van der Waals surface area contributed by atoms with Gasteiger partial charge in [-0.15, -0.1) is 11.3 Å². The second-order valence-electron chi connectivity index (χ2n) is 2.14. The number of rotatable bonds is 1. The van der Waals surface area contributed by atoms with Crippen molar-refractivity contribution in [2.75, 3.05) is 7.11 Å². The molecule has 3 heteroatoms. The summed E-state index contributed by atoms with van der Waals surface area (Å²) in [4.78, 5) is 4.04. The van der Waals surface area contributed by atoms with E-state index in [1.165, 1.54) is 11.3 Å². The molecule has 0 N–H and O–H groups in total. The van der Waals surface area contributed by atoms with Gasteiger partial charge < -0.3 is 4.74 Å². The Morgan fingerprint density at radius 2 is 2.45 bits per heavy atom. The minimum atomic E-state index is 0.844. The number of thiazole rings is 1. The van der Waals surface area contributed by atoms with E-state index in [9.17, 15) is 0 Å². The second kappa shape index (κ2) is 2.51. The topological polar surface area (TPSA) is 22.1 Å². The SMILES string of the molecule is COc1ccc2s[c]nc2c1. The molecule has 11 heavy (non-hydrogen) atoms. The maximum absolute atomic E-state index is 5.04. The smallest absolute Gasteiger partial charge is 0.153 e. The van der Waals surface area contributed by atoms with E-state index in [0.29, 0.717) is 0 Å². The third-order valence-corrected chi connectivity index (χ3v) is 2.24. The zero-order valence-corrected chi connectivity index (χ0v) is 6.81. The van der Waals surface area contributed by atoms with E-state index in [-0.39, 0.29) is 0 Å². The van der Waals surface area contributed by atoms with Gasteiger partial charge in [0.05, 0.1) is 17.3 Å². The third kappa shape index (κ3) is 1.07. The van der Waals surface area contributed by atoms with Crippen LogP contribution in [0.1, 0.15) is 0 Å². The van der Waals surface area contributed by atoms with Crippen LogP contribution in [0.25, 0.3) is 10.2 Å². The van der Waals surface area contributed by atoms with Crippen LogP contribution in [0, 0.1) is 5.51 Å². The quantitative estimate of drug-likeness (QED) is 0.644. The lowest BCUT2D eigenvalue weighted by molar-refractivity contribution is 0.415. The molecule has 1 radical (unpaired) electrons. The van der Waals surface area contributed by atoms with Gasteiger partial charge in [-0.2, -0.15) is 0 Å². The van der Waals surface area contributed by atoms with Gasteiger partial charge in [-0.3, -0.25) is 0 Å². The molecular formula is C8H6NOS. The van der Waals surface area contributed by atoms with Crippen molar-refractivity contribution >= 4 is 21.6 Å². The fourth-order valence-electron chi connectivity index (χ4n) is 0.919. The van der Waals surface area contributed by atoms with Gasteiger partial charge in [-0.05, 0) is 12.1 Å². The molecule has 0 fully saturated rings. The van der Waals surface area contributed by atoms with Crippen molar-refractivity contribution in [3.63, 3.8) is 0 Å². The van der Waals surface area contributed by atoms with E-state index in [0.717, 1.165) is 16.0 Å². The van der Waals surface area contributed by atoms with Gasteiger partial charge in [-0.1, -0.05) is 0 Å². The van der Waals surface area contributed by atoms with Crippen LogP contribution in [0.15, 0.2) is 18.2 Å². The normalized spacial score (nSPS) is 10.3. The van der Waals surface area contributed by atoms with Crippen molar-refractivity contribution in [1.29, 1.82) is 0 Å². The van der Waals surface area contributed by atoms with Crippen LogP contribution in [-0.4, -0.2) is 12.1 Å². The predicted molar refractivity (Wildman–Crippen MR) is 45.0 cm³/mol. The van der Waals surface area contributed by atoms with E-state index in [2.05, 4.69) is 10.5 Å². The number of hydrogen-bond donors (Lipinski definition) is 0. The number of nitrogens with zero attached hydrogens (tertiary/aromatic N) is 1. The summed E-state index contributed by atoms with van der Waals surface area (Å²) in [5.74, 6) is 0.844. The zero-order valence-electron chi connectivity index (χ0n) is 6.00. The first-order chi connectivity index (χ1) is 5.40. The van der Waals surface area contributed by atoms with Crippen molar-refractivity contribution in [2.45, 2.75) is 0 Å². The Kier molecular flexibility index (Phi) is 1.51. The van der Waals surface area contributed by atoms with Crippen LogP contribution >= 0.6 is 11.3 Å². The van der Waals surface area contributed by atoms with Gasteiger partial charge in [0, 0.05) is 6.07 Å². The average molecular weight is 164 g/mol. The molecule has 0 unspecified atom stereocenters. The summed E-state index contributed by atoms with van der Waals surface area (Å²) in [7, 11) is 1.65. The fourth-order valence-corrected chi connectivity index (χ4v) is 1.51. The monoisotopic (exact) mass is 164 g/mol. The Balaban J connectivity index is 2.67. The lowest BCUT2D eigenvalue weighted by Crippen LogP contribution is -1.80. The molecule has 1 aromatic heterocycles. The van der Waals surface area contributed by atoms with Crippen LogP contribution in [0.4, 0.5) is 0 Å². The number of benzene rings is 1. The lowest BCUT2D eigenvalue weighted by Gasteiger charge is -1.96. The van der Waals surface area contributed by atoms with Crippen molar-refractivity contribution < 1.29 is 4.74 Å². The molecule has 0 atom stereocenters. The number of hydrogen-bond acceptors (Lipinski definition) is 3. The fraction of sp³-hybridized carbons (Fsp3) is 0.125. The van der Waals surface area contributed by atoms with Crippen LogP contribution in [-0.2, 0) is 0 Å². The van der Waals surface area contributed by atoms with Gasteiger partial charge in [0.25, 0.3) is 0 Å². The van der Waals surface area contributed by atoms with E-state index in [1.54, 1.807) is 7.11 Å². The molecule has 0 amide bonds. The average Bonchev–Trinajstić information content (AvgIpc) is 2.50. The van der Waals surface area contributed by atoms with Crippen LogP contribution in [0.3, 0.4) is 0 Å². The van der Waals surface area contributed by atoms with Gasteiger partial charge in [0.2, 0.25) is 0 Å². The number of aromatic nitrogens is 1. The predicted octanol–water partition coefficient (Wildman–Crippen LogP) is 2.11. The summed E-state index contributed by atoms with van der Waals surface area (Å²) >= 11 is 1.51. The first-order valence-electron chi connectivity index (χ1n) is 3.21. The molecule has 0 bridgehead atoms. The summed E-state index contributed by atoms with van der Waals surface area (Å²) < 4.78 is 6.19. The molecule has 55 valence electrons. The van der Waals surface area contributed by atoms with Gasteiger partial charge in [0.1, 0.15) is 5.75 Å². The van der Waals surface area contributed by atoms with E-state index < -0.39 is 0 Å². The van der Waals surface area contributed by atoms with Crippen molar-refractivity contribution in [1.82, 2.24) is 4.98 Å². The lowest BCUT2D eigenvalue weighted by atomic mass is 10.3. The highest BCUT2D eigenvalue weighted by molar-refractivity contribution is 7.16. The molecule has 0 spiro atoms. The first kappa shape index (κ1) is 6.61. The minimum absolute atomic E-state index is 0.844. The van der Waals surface area contributed by atoms with Crippen molar-refractivity contribution in [2.24, 2.45) is 0 Å². The molecule has 0 aliphatic heterocycles. The summed E-state index contributed by atoms with van der Waals surface area (Å²) in [5.41, 5.74) is 3.78. The summed E-state index contributed by atoms with van der Waals surface area (Å²) in [6, 6.07) is 5.82. The van der Waals surface area contributed by atoms with Crippen molar-refractivity contribution in [3.8, 4) is 5.75 Å². The van der Waals surface area contributed by atoms with Gasteiger partial charge in [0.15, 0.2) is 5.51 Å². The summed E-state index contributed by atoms with van der Waals surface area (Å²) in [6.45, 7) is 0. The zero-order chi connectivity index (χ0) is 7.68. The maximum atomic E-state index is 5.04. The van der Waals surface area contributed by atoms with E-state index in [4.69, 9.17) is 4.74 Å². The number of methoxy groups -OCH3 is 1. The minimum Gasteiger partial charge on any atom is -0.497 e. The Bertz CT molecular complexity index is 369. The van der Waals surface area contributed by atoms with Crippen LogP contribution < -0.4 is 4.74 Å². The third-order valence-electron chi connectivity index (χ3n) is 1.49. The molecule has 2 nitrogen and oxygen atoms in total. The molecule has 0 aliphatic rings. The summed E-state index contributed by atoms with van der Waals surface area (Å²) in [6.07, 6.45) is 0. The molecule has 2 aromatic rings. The maximum Gasteiger partial charge on any atom is 0.153 e. The Hall–Kier alpha value is -1.09. The molecule has 1 aromatic carbocycles. The van der Waals surface area contributed by atoms with Crippen molar-refractivity contribution in [3.05, 3.63) is 23.7 Å². The Labute approximate surface area is 68.5 Å². The van der Waals surface area contributed by atoms with Crippen LogP contribution in [0.5, 0.6) is 5.75 Å². The molecule has 1 heterocycles. The number of fused-ring (bicyclic) bond motifs is 1. The summed E-state index contributed by atoms with van der Waals surface area (Å²) in [5, 5.41) is 0. The molecule has 0 aliphatic carbocycles. The Morgan fingerprint density at radius 3 is 3.27 bits per heavy atom. The largest absolute Gasteiger partial charge is 0.497 e. The van der Waals surface area contributed by atoms with Gasteiger partial charge >= 0.3 is 0 Å². The van der Waals surface area contributed by atoms with E-state index in [1.807, 2.05) is 18.2 Å². The standard InChI is InChI=1S/C8H6NOS/c1-10-6-2-3-8-7(4-6)9-5-11-8/h2-4H,1H3. The second-order valence-corrected chi connectivity index (χ2v) is 2.97. The first-order valence-corrected chi connectivity index (χ1v) is 4.02. The Morgan fingerprint density at radius 1 is 1.55 bits per heavy atom. The highest BCUT2D eigenvalue weighted by Crippen LogP contribution is 2.21. The highest BCUT2D eigenvalue weighted by Gasteiger charge is 1.97. The molecule has 2 rings (SSSR count). The van der Waals surface area contributed by atoms with Gasteiger partial charge in [-0.25, -0.2) is 4.98 Å². The van der Waals surface area contributed by atoms with E-state index >= 15 is 0 Å². The molecule has 0 saturated heterocycles. The highest BCUT2D eigenvalue weighted by atomic mass is 32.1. The van der Waals surface area contributed by atoms with Crippen LogP contribution in [0.2, 0.25) is 0 Å². The number of ether oxygens (including phenoxy) is 1. The molecule has 0 saturated carbocycles.